The number of amides is 2. The number of esters is 1. The fraction of sp³-hybridized carbons (Fsp3) is 0.474. The minimum Gasteiger partial charge on any atom is -0.452 e. The SMILES string of the molecule is CCCNC(=O)[C@H](C)NC(=O)COC(=O)c1ccccc1CSC1=NCCS1. The fourth-order valence-corrected chi connectivity index (χ4v) is 4.36. The molecule has 0 fully saturated rings. The molecule has 1 aromatic carbocycles. The van der Waals surface area contributed by atoms with Crippen LogP contribution in [0.4, 0.5) is 0 Å². The van der Waals surface area contributed by atoms with E-state index in [-0.39, 0.29) is 5.91 Å². The number of hydrogen-bond acceptors (Lipinski definition) is 7. The number of carbonyl (C=O) groups is 3. The van der Waals surface area contributed by atoms with Crippen LogP contribution >= 0.6 is 23.5 Å². The van der Waals surface area contributed by atoms with Gasteiger partial charge in [0.2, 0.25) is 5.91 Å². The van der Waals surface area contributed by atoms with Crippen LogP contribution in [0, 0.1) is 0 Å². The molecule has 2 N–H and O–H groups in total. The van der Waals surface area contributed by atoms with Crippen molar-refractivity contribution in [3.8, 4) is 0 Å². The first-order valence-corrected chi connectivity index (χ1v) is 11.1. The summed E-state index contributed by atoms with van der Waals surface area (Å²) in [5.74, 6) is 0.261. The number of nitrogens with one attached hydrogen (secondary N) is 2. The Morgan fingerprint density at radius 2 is 2.11 bits per heavy atom. The van der Waals surface area contributed by atoms with Crippen molar-refractivity contribution in [1.82, 2.24) is 10.6 Å². The van der Waals surface area contributed by atoms with Gasteiger partial charge in [0.1, 0.15) is 10.4 Å². The summed E-state index contributed by atoms with van der Waals surface area (Å²) < 4.78 is 6.16. The average Bonchev–Trinajstić information content (AvgIpc) is 3.22. The van der Waals surface area contributed by atoms with Crippen LogP contribution in [0.5, 0.6) is 0 Å². The van der Waals surface area contributed by atoms with Gasteiger partial charge < -0.3 is 15.4 Å². The first-order chi connectivity index (χ1) is 13.5. The van der Waals surface area contributed by atoms with E-state index in [9.17, 15) is 14.4 Å². The van der Waals surface area contributed by atoms with Crippen molar-refractivity contribution < 1.29 is 19.1 Å². The third kappa shape index (κ3) is 7.20. The number of ether oxygens (including phenoxy) is 1. The summed E-state index contributed by atoms with van der Waals surface area (Å²) in [7, 11) is 0. The summed E-state index contributed by atoms with van der Waals surface area (Å²) in [5, 5.41) is 5.22. The van der Waals surface area contributed by atoms with Crippen LogP contribution in [-0.4, -0.2) is 53.7 Å². The molecule has 0 bridgehead atoms. The molecule has 1 atom stereocenters. The minimum atomic E-state index is -0.689. The van der Waals surface area contributed by atoms with Crippen LogP contribution in [0.1, 0.15) is 36.2 Å². The number of thioether (sulfide) groups is 2. The van der Waals surface area contributed by atoms with Crippen LogP contribution in [-0.2, 0) is 20.1 Å². The number of aliphatic imine (C=N–C) groups is 1. The topological polar surface area (TPSA) is 96.9 Å². The summed E-state index contributed by atoms with van der Waals surface area (Å²) >= 11 is 3.31. The van der Waals surface area contributed by atoms with E-state index in [1.165, 1.54) is 0 Å². The Balaban J connectivity index is 1.83. The summed E-state index contributed by atoms with van der Waals surface area (Å²) in [6.45, 7) is 4.48. The molecule has 2 amide bonds. The van der Waals surface area contributed by atoms with E-state index < -0.39 is 24.5 Å². The Hall–Kier alpha value is -2.00. The zero-order valence-corrected chi connectivity index (χ0v) is 17.7. The Bertz CT molecular complexity index is 740. The molecule has 7 nitrogen and oxygen atoms in total. The second kappa shape index (κ2) is 11.8. The lowest BCUT2D eigenvalue weighted by atomic mass is 10.1. The normalized spacial score (nSPS) is 14.1. The van der Waals surface area contributed by atoms with Crippen LogP contribution in [0.3, 0.4) is 0 Å². The molecule has 0 saturated heterocycles. The van der Waals surface area contributed by atoms with Gasteiger partial charge in [-0.3, -0.25) is 14.6 Å². The predicted molar refractivity (Wildman–Crippen MR) is 114 cm³/mol. The Morgan fingerprint density at radius 3 is 2.82 bits per heavy atom. The van der Waals surface area contributed by atoms with E-state index in [2.05, 4.69) is 15.6 Å². The van der Waals surface area contributed by atoms with Crippen LogP contribution in [0.25, 0.3) is 0 Å². The predicted octanol–water partition coefficient (Wildman–Crippen LogP) is 2.21. The van der Waals surface area contributed by atoms with Crippen LogP contribution in [0.15, 0.2) is 29.3 Å². The van der Waals surface area contributed by atoms with E-state index in [1.54, 1.807) is 42.6 Å². The first kappa shape index (κ1) is 22.3. The van der Waals surface area contributed by atoms with E-state index >= 15 is 0 Å². The highest BCUT2D eigenvalue weighted by Crippen LogP contribution is 2.26. The van der Waals surface area contributed by atoms with E-state index in [0.717, 1.165) is 28.7 Å². The van der Waals surface area contributed by atoms with Crippen LogP contribution in [0.2, 0.25) is 0 Å². The lowest BCUT2D eigenvalue weighted by Crippen LogP contribution is -2.46. The zero-order valence-electron chi connectivity index (χ0n) is 16.0. The van der Waals surface area contributed by atoms with E-state index in [4.69, 9.17) is 4.74 Å². The van der Waals surface area contributed by atoms with Gasteiger partial charge in [-0.25, -0.2) is 4.79 Å². The van der Waals surface area contributed by atoms with Crippen molar-refractivity contribution in [2.24, 2.45) is 4.99 Å². The van der Waals surface area contributed by atoms with Gasteiger partial charge in [-0.15, -0.1) is 0 Å². The van der Waals surface area contributed by atoms with Gasteiger partial charge in [0.05, 0.1) is 12.1 Å². The van der Waals surface area contributed by atoms with Gasteiger partial charge >= 0.3 is 5.97 Å². The molecular weight excluding hydrogens is 398 g/mol. The van der Waals surface area contributed by atoms with Crippen molar-refractivity contribution in [2.75, 3.05) is 25.4 Å². The number of benzene rings is 1. The van der Waals surface area contributed by atoms with Crippen molar-refractivity contribution in [1.29, 1.82) is 0 Å². The first-order valence-electron chi connectivity index (χ1n) is 9.13. The second-order valence-electron chi connectivity index (χ2n) is 6.10. The third-order valence-electron chi connectivity index (χ3n) is 3.80. The molecule has 1 aliphatic heterocycles. The molecule has 0 aromatic heterocycles. The zero-order chi connectivity index (χ0) is 20.4. The molecule has 9 heteroatoms. The molecule has 1 heterocycles. The number of rotatable bonds is 9. The van der Waals surface area contributed by atoms with E-state index in [1.807, 2.05) is 19.1 Å². The van der Waals surface area contributed by atoms with Crippen molar-refractivity contribution >= 4 is 45.7 Å². The standard InChI is InChI=1S/C19H25N3O4S2/c1-3-8-20-17(24)13(2)22-16(23)11-26-18(25)15-7-5-4-6-14(15)12-28-19-21-9-10-27-19/h4-7,13H,3,8-12H2,1-2H3,(H,20,24)(H,22,23)/t13-/m0/s1. The highest BCUT2D eigenvalue weighted by atomic mass is 32.2. The maximum absolute atomic E-state index is 12.4. The van der Waals surface area contributed by atoms with Gasteiger partial charge in [0.25, 0.3) is 5.91 Å². The average molecular weight is 424 g/mol. The maximum atomic E-state index is 12.4. The molecule has 2 rings (SSSR count). The molecule has 1 aliphatic rings. The highest BCUT2D eigenvalue weighted by Gasteiger charge is 2.18. The van der Waals surface area contributed by atoms with Crippen molar-refractivity contribution in [3.05, 3.63) is 35.4 Å². The molecule has 0 unspecified atom stereocenters. The highest BCUT2D eigenvalue weighted by molar-refractivity contribution is 8.38. The molecule has 28 heavy (non-hydrogen) atoms. The number of carbonyl (C=O) groups excluding carboxylic acids is 3. The van der Waals surface area contributed by atoms with Gasteiger partial charge in [0.15, 0.2) is 6.61 Å². The van der Waals surface area contributed by atoms with Crippen molar-refractivity contribution in [2.45, 2.75) is 32.1 Å². The Labute approximate surface area is 173 Å². The molecule has 1 aromatic rings. The van der Waals surface area contributed by atoms with Crippen LogP contribution < -0.4 is 10.6 Å². The summed E-state index contributed by atoms with van der Waals surface area (Å²) in [6, 6.07) is 6.47. The number of nitrogens with zero attached hydrogens (tertiary/aromatic N) is 1. The minimum absolute atomic E-state index is 0.267. The molecule has 0 aliphatic carbocycles. The quantitative estimate of drug-likeness (QED) is 0.591. The summed E-state index contributed by atoms with van der Waals surface area (Å²) in [6.07, 6.45) is 0.813. The molecular formula is C19H25N3O4S2. The second-order valence-corrected chi connectivity index (χ2v) is 8.40. The third-order valence-corrected chi connectivity index (χ3v) is 6.10. The Morgan fingerprint density at radius 1 is 1.32 bits per heavy atom. The van der Waals surface area contributed by atoms with E-state index in [0.29, 0.717) is 17.9 Å². The van der Waals surface area contributed by atoms with Gasteiger partial charge in [0, 0.05) is 18.1 Å². The fourth-order valence-electron chi connectivity index (χ4n) is 2.35. The van der Waals surface area contributed by atoms with Gasteiger partial charge in [-0.2, -0.15) is 0 Å². The lowest BCUT2D eigenvalue weighted by Gasteiger charge is -2.14. The van der Waals surface area contributed by atoms with Gasteiger partial charge in [-0.05, 0) is 25.0 Å². The van der Waals surface area contributed by atoms with Crippen molar-refractivity contribution in [3.63, 3.8) is 0 Å². The lowest BCUT2D eigenvalue weighted by molar-refractivity contribution is -0.130. The Kier molecular flexibility index (Phi) is 9.36. The summed E-state index contributed by atoms with van der Waals surface area (Å²) in [4.78, 5) is 40.5. The molecule has 152 valence electrons. The number of hydrogen-bond donors (Lipinski definition) is 2. The molecule has 0 saturated carbocycles. The monoisotopic (exact) mass is 423 g/mol. The maximum Gasteiger partial charge on any atom is 0.338 e. The summed E-state index contributed by atoms with van der Waals surface area (Å²) in [5.41, 5.74) is 1.26. The molecule has 0 spiro atoms. The van der Waals surface area contributed by atoms with Gasteiger partial charge in [-0.1, -0.05) is 48.6 Å². The molecule has 0 radical (unpaired) electrons. The largest absolute Gasteiger partial charge is 0.452 e. The smallest absolute Gasteiger partial charge is 0.338 e.